The van der Waals surface area contributed by atoms with Gasteiger partial charge in [0, 0.05) is 19.4 Å². The number of hydrogen-bond acceptors (Lipinski definition) is 5. The van der Waals surface area contributed by atoms with Gasteiger partial charge in [0.15, 0.2) is 0 Å². The molecule has 0 atom stereocenters. The van der Waals surface area contributed by atoms with Crippen LogP contribution in [-0.4, -0.2) is 30.0 Å². The van der Waals surface area contributed by atoms with Gasteiger partial charge in [0.2, 0.25) is 11.1 Å². The second-order valence-electron chi connectivity index (χ2n) is 4.07. The van der Waals surface area contributed by atoms with Gasteiger partial charge in [-0.3, -0.25) is 4.79 Å². The van der Waals surface area contributed by atoms with Gasteiger partial charge in [-0.05, 0) is 17.7 Å². The number of nitrogens with zero attached hydrogens (tertiary/aromatic N) is 2. The topological polar surface area (TPSA) is 70.4 Å². The highest BCUT2D eigenvalue weighted by atomic mass is 16.5. The summed E-state index contributed by atoms with van der Waals surface area (Å²) in [6.07, 6.45) is 1.50. The van der Waals surface area contributed by atoms with Gasteiger partial charge in [-0.2, -0.15) is 5.10 Å². The zero-order chi connectivity index (χ0) is 14.5. The van der Waals surface area contributed by atoms with Gasteiger partial charge in [-0.1, -0.05) is 12.1 Å². The summed E-state index contributed by atoms with van der Waals surface area (Å²) in [5, 5.41) is 4.00. The molecule has 20 heavy (non-hydrogen) atoms. The molecular formula is C14H14N2O4. The van der Waals surface area contributed by atoms with E-state index in [0.29, 0.717) is 6.61 Å². The summed E-state index contributed by atoms with van der Waals surface area (Å²) < 4.78 is 11.1. The first kappa shape index (κ1) is 14.0. The lowest BCUT2D eigenvalue weighted by Gasteiger charge is -2.08. The van der Waals surface area contributed by atoms with Gasteiger partial charge in [-0.25, -0.2) is 9.48 Å². The van der Waals surface area contributed by atoms with E-state index in [-0.39, 0.29) is 5.69 Å². The summed E-state index contributed by atoms with van der Waals surface area (Å²) in [6, 6.07) is 8.72. The lowest BCUT2D eigenvalue weighted by molar-refractivity contribution is 0.0590. The Morgan fingerprint density at radius 1 is 1.30 bits per heavy atom. The minimum Gasteiger partial charge on any atom is -0.464 e. The summed E-state index contributed by atoms with van der Waals surface area (Å²) in [5.74, 6) is -0.752. The summed E-state index contributed by atoms with van der Waals surface area (Å²) in [6.45, 7) is 0.470. The Labute approximate surface area is 115 Å². The Hall–Kier alpha value is -2.47. The van der Waals surface area contributed by atoms with Crippen LogP contribution in [0.3, 0.4) is 0 Å². The summed E-state index contributed by atoms with van der Waals surface area (Å²) in [5.41, 5.74) is 0.975. The fraction of sp³-hybridized carbons (Fsp3) is 0.214. The van der Waals surface area contributed by atoms with Crippen LogP contribution in [0.15, 0.2) is 41.3 Å². The number of aromatic nitrogens is 2. The quantitative estimate of drug-likeness (QED) is 0.783. The average Bonchev–Trinajstić information content (AvgIpc) is 2.47. The maximum atomic E-state index is 11.6. The first-order chi connectivity index (χ1) is 9.65. The van der Waals surface area contributed by atoms with Crippen LogP contribution in [0.5, 0.6) is 0 Å². The minimum absolute atomic E-state index is 0.243. The van der Waals surface area contributed by atoms with Crippen LogP contribution < -0.4 is 5.43 Å². The third-order valence-corrected chi connectivity index (χ3v) is 2.67. The Kier molecular flexibility index (Phi) is 4.27. The van der Waals surface area contributed by atoms with Crippen LogP contribution in [0, 0.1) is 0 Å². The predicted molar refractivity (Wildman–Crippen MR) is 71.9 cm³/mol. The first-order valence-electron chi connectivity index (χ1n) is 5.92. The van der Waals surface area contributed by atoms with Gasteiger partial charge < -0.3 is 9.47 Å². The molecular weight excluding hydrogens is 260 g/mol. The molecule has 0 aliphatic rings. The van der Waals surface area contributed by atoms with E-state index < -0.39 is 11.4 Å². The van der Waals surface area contributed by atoms with Crippen molar-refractivity contribution in [2.75, 3.05) is 14.2 Å². The number of methoxy groups -OCH3 is 2. The van der Waals surface area contributed by atoms with Crippen molar-refractivity contribution in [2.24, 2.45) is 0 Å². The minimum atomic E-state index is -0.752. The van der Waals surface area contributed by atoms with Crippen molar-refractivity contribution in [2.45, 2.75) is 6.61 Å². The van der Waals surface area contributed by atoms with E-state index in [4.69, 9.17) is 4.74 Å². The van der Waals surface area contributed by atoms with Crippen molar-refractivity contribution in [1.29, 1.82) is 0 Å². The van der Waals surface area contributed by atoms with E-state index >= 15 is 0 Å². The Balaban J connectivity index is 2.45. The second kappa shape index (κ2) is 6.12. The van der Waals surface area contributed by atoms with Crippen LogP contribution in [0.4, 0.5) is 0 Å². The molecule has 0 bridgehead atoms. The molecule has 0 unspecified atom stereocenters. The van der Waals surface area contributed by atoms with Crippen LogP contribution in [0.2, 0.25) is 0 Å². The van der Waals surface area contributed by atoms with Gasteiger partial charge in [0.05, 0.1) is 19.4 Å². The maximum Gasteiger partial charge on any atom is 0.362 e. The van der Waals surface area contributed by atoms with Crippen LogP contribution >= 0.6 is 0 Å². The maximum absolute atomic E-state index is 11.6. The molecule has 0 aliphatic heterocycles. The molecule has 6 nitrogen and oxygen atoms in total. The highest BCUT2D eigenvalue weighted by Crippen LogP contribution is 2.10. The van der Waals surface area contributed by atoms with Crippen molar-refractivity contribution in [1.82, 2.24) is 9.78 Å². The van der Waals surface area contributed by atoms with Gasteiger partial charge >= 0.3 is 5.97 Å². The lowest BCUT2D eigenvalue weighted by Crippen LogP contribution is -2.21. The molecule has 0 radical (unpaired) electrons. The zero-order valence-corrected chi connectivity index (χ0v) is 11.2. The Bertz CT molecular complexity index is 679. The van der Waals surface area contributed by atoms with E-state index in [1.54, 1.807) is 7.11 Å². The Morgan fingerprint density at radius 2 is 2.10 bits per heavy atom. The van der Waals surface area contributed by atoms with Gasteiger partial charge in [0.25, 0.3) is 0 Å². The fourth-order valence-electron chi connectivity index (χ4n) is 1.74. The molecule has 0 aliphatic carbocycles. The number of carbonyl (C=O) groups excluding carboxylic acids is 1. The van der Waals surface area contributed by atoms with Crippen molar-refractivity contribution < 1.29 is 14.3 Å². The summed E-state index contributed by atoms with van der Waals surface area (Å²) in [7, 11) is 2.82. The van der Waals surface area contributed by atoms with Gasteiger partial charge in [0.1, 0.15) is 0 Å². The predicted octanol–water partition coefficient (Wildman–Crippen LogP) is 1.17. The second-order valence-corrected chi connectivity index (χ2v) is 4.07. The molecule has 104 valence electrons. The van der Waals surface area contributed by atoms with Crippen molar-refractivity contribution >= 4 is 5.97 Å². The molecule has 6 heteroatoms. The molecule has 0 saturated carbocycles. The van der Waals surface area contributed by atoms with E-state index in [9.17, 15) is 9.59 Å². The summed E-state index contributed by atoms with van der Waals surface area (Å²) in [4.78, 5) is 23.0. The van der Waals surface area contributed by atoms with Crippen molar-refractivity contribution in [3.8, 4) is 5.69 Å². The van der Waals surface area contributed by atoms with E-state index in [1.807, 2.05) is 24.3 Å². The number of esters is 1. The van der Waals surface area contributed by atoms with Crippen LogP contribution in [0.1, 0.15) is 16.1 Å². The largest absolute Gasteiger partial charge is 0.464 e. The molecule has 1 aromatic carbocycles. The molecule has 2 rings (SSSR count). The monoisotopic (exact) mass is 274 g/mol. The lowest BCUT2D eigenvalue weighted by atomic mass is 10.2. The molecule has 1 aromatic heterocycles. The molecule has 0 saturated heterocycles. The molecule has 0 amide bonds. The number of hydrogen-bond donors (Lipinski definition) is 0. The molecule has 0 N–H and O–H groups in total. The third kappa shape index (κ3) is 2.92. The number of ether oxygens (including phenoxy) is 2. The summed E-state index contributed by atoms with van der Waals surface area (Å²) >= 11 is 0. The number of benzene rings is 1. The first-order valence-corrected chi connectivity index (χ1v) is 5.92. The number of rotatable bonds is 4. The highest BCUT2D eigenvalue weighted by molar-refractivity contribution is 5.86. The normalized spacial score (nSPS) is 10.3. The van der Waals surface area contributed by atoms with Crippen LogP contribution in [0.25, 0.3) is 5.69 Å². The van der Waals surface area contributed by atoms with Gasteiger partial charge in [-0.15, -0.1) is 0 Å². The Morgan fingerprint density at radius 3 is 2.80 bits per heavy atom. The molecule has 0 spiro atoms. The molecule has 1 heterocycles. The smallest absolute Gasteiger partial charge is 0.362 e. The highest BCUT2D eigenvalue weighted by Gasteiger charge is 2.13. The van der Waals surface area contributed by atoms with Crippen molar-refractivity contribution in [3.05, 3.63) is 58.0 Å². The standard InChI is InChI=1S/C14H14N2O4/c1-19-9-10-4-3-5-11(8-10)16-7-6-12(17)13(15-16)14(18)20-2/h3-8H,9H2,1-2H3. The molecule has 2 aromatic rings. The van der Waals surface area contributed by atoms with Crippen LogP contribution in [-0.2, 0) is 16.1 Å². The SMILES string of the molecule is COCc1cccc(-n2ccc(=O)c(C(=O)OC)n2)c1. The number of carbonyl (C=O) groups is 1. The van der Waals surface area contributed by atoms with E-state index in [0.717, 1.165) is 11.3 Å². The fourth-order valence-corrected chi connectivity index (χ4v) is 1.74. The zero-order valence-electron chi connectivity index (χ0n) is 11.2. The third-order valence-electron chi connectivity index (χ3n) is 2.67. The average molecular weight is 274 g/mol. The van der Waals surface area contributed by atoms with Crippen molar-refractivity contribution in [3.63, 3.8) is 0 Å². The molecule has 0 fully saturated rings. The van der Waals surface area contributed by atoms with E-state index in [1.165, 1.54) is 24.1 Å². The van der Waals surface area contributed by atoms with E-state index in [2.05, 4.69) is 9.84 Å².